The van der Waals surface area contributed by atoms with Crippen molar-refractivity contribution in [1.29, 1.82) is 0 Å². The number of hydrogen-bond donors (Lipinski definition) is 0. The third-order valence-electron chi connectivity index (χ3n) is 4.07. The molecule has 3 heteroatoms. The zero-order valence-corrected chi connectivity index (χ0v) is 12.7. The molecule has 1 fully saturated rings. The minimum Gasteiger partial charge on any atom is -0.345 e. The summed E-state index contributed by atoms with van der Waals surface area (Å²) >= 11 is 0. The van der Waals surface area contributed by atoms with Gasteiger partial charge in [0, 0.05) is 18.4 Å². The Morgan fingerprint density at radius 1 is 1.29 bits per heavy atom. The largest absolute Gasteiger partial charge is 0.345 e. The second kappa shape index (κ2) is 6.43. The topological polar surface area (TPSA) is 35.5 Å². The predicted octanol–water partition coefficient (Wildman–Crippen LogP) is 3.29. The lowest BCUT2D eigenvalue weighted by molar-refractivity contribution is -0.319. The average molecular weight is 286 g/mol. The molecule has 1 aromatic rings. The maximum atomic E-state index is 12.6. The predicted molar refractivity (Wildman–Crippen MR) is 81.5 cm³/mol. The summed E-state index contributed by atoms with van der Waals surface area (Å²) in [7, 11) is 0. The Morgan fingerprint density at radius 3 is 2.48 bits per heavy atom. The summed E-state index contributed by atoms with van der Waals surface area (Å²) in [5.74, 6) is 1.56. The van der Waals surface area contributed by atoms with Gasteiger partial charge in [-0.25, -0.2) is 0 Å². The van der Waals surface area contributed by atoms with Crippen molar-refractivity contribution in [3.05, 3.63) is 35.9 Å². The highest BCUT2D eigenvalue weighted by atomic mass is 16.7. The van der Waals surface area contributed by atoms with Gasteiger partial charge in [-0.3, -0.25) is 4.79 Å². The van der Waals surface area contributed by atoms with Gasteiger partial charge >= 0.3 is 0 Å². The van der Waals surface area contributed by atoms with Crippen molar-refractivity contribution in [1.82, 2.24) is 0 Å². The number of carbonyl (C=O) groups excluding carboxylic acids is 1. The monoisotopic (exact) mass is 286 g/mol. The first-order valence-corrected chi connectivity index (χ1v) is 7.35. The molecule has 1 aromatic carbocycles. The third kappa shape index (κ3) is 2.88. The van der Waals surface area contributed by atoms with E-state index in [1.54, 1.807) is 0 Å². The van der Waals surface area contributed by atoms with Gasteiger partial charge in [0.2, 0.25) is 5.79 Å². The second-order valence-corrected chi connectivity index (χ2v) is 5.79. The fraction of sp³-hybridized carbons (Fsp3) is 0.500. The number of carbonyl (C=O) groups is 1. The normalized spacial score (nSPS) is 18.0. The van der Waals surface area contributed by atoms with E-state index in [4.69, 9.17) is 15.9 Å². The summed E-state index contributed by atoms with van der Waals surface area (Å²) in [6.07, 6.45) is 6.89. The average Bonchev–Trinajstić information content (AvgIpc) is 2.53. The molecule has 0 aromatic heterocycles. The fourth-order valence-corrected chi connectivity index (χ4v) is 2.76. The number of Topliss-reactive ketones (excluding diaryl/α,β-unsaturated/α-hetero) is 1. The summed E-state index contributed by atoms with van der Waals surface area (Å²) in [6.45, 7) is 4.93. The SMILES string of the molecule is C#CCCC(=O)C(C)(C)C1(c2ccccc2)OCCCO1. The Kier molecular flexibility index (Phi) is 4.82. The molecule has 21 heavy (non-hydrogen) atoms. The lowest BCUT2D eigenvalue weighted by Crippen LogP contribution is -2.53. The number of terminal acetylenes is 1. The molecule has 0 spiro atoms. The molecule has 0 amide bonds. The molecule has 1 aliphatic heterocycles. The van der Waals surface area contributed by atoms with E-state index in [0.717, 1.165) is 12.0 Å². The second-order valence-electron chi connectivity index (χ2n) is 5.79. The molecule has 0 unspecified atom stereocenters. The van der Waals surface area contributed by atoms with E-state index in [1.807, 2.05) is 44.2 Å². The van der Waals surface area contributed by atoms with Crippen LogP contribution in [-0.4, -0.2) is 19.0 Å². The molecule has 1 aliphatic rings. The zero-order valence-electron chi connectivity index (χ0n) is 12.7. The molecule has 112 valence electrons. The summed E-state index contributed by atoms with van der Waals surface area (Å²) in [5, 5.41) is 0. The van der Waals surface area contributed by atoms with E-state index in [2.05, 4.69) is 5.92 Å². The third-order valence-corrected chi connectivity index (χ3v) is 4.07. The molecule has 0 saturated carbocycles. The summed E-state index contributed by atoms with van der Waals surface area (Å²) in [4.78, 5) is 12.6. The molecule has 1 heterocycles. The van der Waals surface area contributed by atoms with E-state index < -0.39 is 11.2 Å². The number of ketones is 1. The summed E-state index contributed by atoms with van der Waals surface area (Å²) in [6, 6.07) is 9.69. The van der Waals surface area contributed by atoms with Gasteiger partial charge in [0.15, 0.2) is 0 Å². The van der Waals surface area contributed by atoms with E-state index in [9.17, 15) is 4.79 Å². The van der Waals surface area contributed by atoms with Crippen LogP contribution >= 0.6 is 0 Å². The van der Waals surface area contributed by atoms with Crippen LogP contribution in [-0.2, 0) is 20.1 Å². The van der Waals surface area contributed by atoms with Crippen LogP contribution in [0.4, 0.5) is 0 Å². The summed E-state index contributed by atoms with van der Waals surface area (Å²) < 4.78 is 12.0. The van der Waals surface area contributed by atoms with E-state index in [0.29, 0.717) is 26.1 Å². The van der Waals surface area contributed by atoms with Crippen molar-refractivity contribution in [3.63, 3.8) is 0 Å². The van der Waals surface area contributed by atoms with Crippen LogP contribution in [0, 0.1) is 17.8 Å². The van der Waals surface area contributed by atoms with Gasteiger partial charge in [0.1, 0.15) is 5.78 Å². The minimum absolute atomic E-state index is 0.0613. The van der Waals surface area contributed by atoms with Crippen LogP contribution in [0.25, 0.3) is 0 Å². The van der Waals surface area contributed by atoms with Crippen LogP contribution in [0.1, 0.15) is 38.7 Å². The Morgan fingerprint density at radius 2 is 1.90 bits per heavy atom. The zero-order chi connectivity index (χ0) is 15.3. The fourth-order valence-electron chi connectivity index (χ4n) is 2.76. The highest BCUT2D eigenvalue weighted by molar-refractivity contribution is 5.85. The van der Waals surface area contributed by atoms with Crippen LogP contribution < -0.4 is 0 Å². The molecule has 0 N–H and O–H groups in total. The maximum Gasteiger partial charge on any atom is 0.207 e. The van der Waals surface area contributed by atoms with Gasteiger partial charge in [0.25, 0.3) is 0 Å². The molecular weight excluding hydrogens is 264 g/mol. The highest BCUT2D eigenvalue weighted by Gasteiger charge is 2.54. The Labute approximate surface area is 126 Å². The molecule has 3 nitrogen and oxygen atoms in total. The molecular formula is C18H22O3. The van der Waals surface area contributed by atoms with Gasteiger partial charge in [0.05, 0.1) is 18.6 Å². The van der Waals surface area contributed by atoms with Gasteiger partial charge in [-0.05, 0) is 20.3 Å². The molecule has 0 atom stereocenters. The van der Waals surface area contributed by atoms with Gasteiger partial charge < -0.3 is 9.47 Å². The first-order valence-electron chi connectivity index (χ1n) is 7.35. The molecule has 0 bridgehead atoms. The first kappa shape index (κ1) is 15.8. The van der Waals surface area contributed by atoms with Crippen LogP contribution in [0.2, 0.25) is 0 Å². The lowest BCUT2D eigenvalue weighted by atomic mass is 9.74. The number of benzene rings is 1. The number of hydrogen-bond acceptors (Lipinski definition) is 3. The number of ether oxygens (including phenoxy) is 2. The molecule has 0 radical (unpaired) electrons. The van der Waals surface area contributed by atoms with E-state index in [1.165, 1.54) is 0 Å². The molecule has 1 saturated heterocycles. The Bertz CT molecular complexity index is 519. The molecule has 0 aliphatic carbocycles. The van der Waals surface area contributed by atoms with E-state index in [-0.39, 0.29) is 5.78 Å². The van der Waals surface area contributed by atoms with Crippen molar-refractivity contribution in [2.24, 2.45) is 5.41 Å². The van der Waals surface area contributed by atoms with Crippen LogP contribution in [0.15, 0.2) is 30.3 Å². The van der Waals surface area contributed by atoms with Gasteiger partial charge in [-0.2, -0.15) is 0 Å². The van der Waals surface area contributed by atoms with Crippen LogP contribution in [0.5, 0.6) is 0 Å². The van der Waals surface area contributed by atoms with Crippen molar-refractivity contribution in [2.75, 3.05) is 13.2 Å². The van der Waals surface area contributed by atoms with Crippen molar-refractivity contribution in [2.45, 2.75) is 38.9 Å². The molecule has 2 rings (SSSR count). The Balaban J connectivity index is 2.40. The quantitative estimate of drug-likeness (QED) is 0.779. The lowest BCUT2D eigenvalue weighted by Gasteiger charge is -2.47. The standard InChI is InChI=1S/C18H22O3/c1-4-5-12-16(19)17(2,3)18(20-13-9-14-21-18)15-10-7-6-8-11-15/h1,6-8,10-11H,5,9,12-14H2,2-3H3. The highest BCUT2D eigenvalue weighted by Crippen LogP contribution is 2.47. The van der Waals surface area contributed by atoms with Crippen molar-refractivity contribution < 1.29 is 14.3 Å². The maximum absolute atomic E-state index is 12.6. The minimum atomic E-state index is -1.03. The van der Waals surface area contributed by atoms with Crippen molar-refractivity contribution >= 4 is 5.78 Å². The smallest absolute Gasteiger partial charge is 0.207 e. The van der Waals surface area contributed by atoms with E-state index >= 15 is 0 Å². The first-order chi connectivity index (χ1) is 10.0. The van der Waals surface area contributed by atoms with Gasteiger partial charge in [-0.1, -0.05) is 30.3 Å². The summed E-state index contributed by atoms with van der Waals surface area (Å²) in [5.41, 5.74) is 0.0785. The van der Waals surface area contributed by atoms with Gasteiger partial charge in [-0.15, -0.1) is 12.3 Å². The van der Waals surface area contributed by atoms with Crippen LogP contribution in [0.3, 0.4) is 0 Å². The Hall–Kier alpha value is -1.63. The number of rotatable bonds is 5. The van der Waals surface area contributed by atoms with Crippen molar-refractivity contribution in [3.8, 4) is 12.3 Å².